The average Bonchev–Trinajstić information content (AvgIpc) is 3.79. The van der Waals surface area contributed by atoms with E-state index in [4.69, 9.17) is 4.74 Å². The SMILES string of the molecule is C/C=C1\NC(=O)[C@@H](C)NC(=O)CNC(=O)[C@](C)(C(C)=O)NC(=O)[C@H](Cc2c[nH]c3cccc(OC)c23)NC(=O)c2csc(n2)[C@@H](C)NC(=O)CN(C)C1=O. The molecule has 0 saturated carbocycles. The van der Waals surface area contributed by atoms with Crippen molar-refractivity contribution in [3.63, 3.8) is 0 Å². The largest absolute Gasteiger partial charge is 0.496 e. The summed E-state index contributed by atoms with van der Waals surface area (Å²) in [6.07, 6.45) is 2.85. The van der Waals surface area contributed by atoms with E-state index in [2.05, 4.69) is 41.9 Å². The average molecular weight is 766 g/mol. The number of benzene rings is 1. The molecule has 0 spiro atoms. The number of aromatic amines is 1. The van der Waals surface area contributed by atoms with E-state index in [0.717, 1.165) is 30.1 Å². The Balaban J connectivity index is 1.70. The lowest BCUT2D eigenvalue weighted by molar-refractivity contribution is -0.141. The molecule has 18 nitrogen and oxygen atoms in total. The third-order valence-electron chi connectivity index (χ3n) is 8.73. The van der Waals surface area contributed by atoms with Crippen LogP contribution >= 0.6 is 11.3 Å². The molecule has 54 heavy (non-hydrogen) atoms. The summed E-state index contributed by atoms with van der Waals surface area (Å²) in [6, 6.07) is 2.04. The number of carbonyl (C=O) groups excluding carboxylic acids is 8. The maximum absolute atomic E-state index is 14.0. The molecular formula is C35H43N9O9S. The predicted molar refractivity (Wildman–Crippen MR) is 196 cm³/mol. The second kappa shape index (κ2) is 17.1. The lowest BCUT2D eigenvalue weighted by Crippen LogP contribution is -2.65. The molecule has 1 aromatic carbocycles. The van der Waals surface area contributed by atoms with Crippen molar-refractivity contribution in [1.82, 2.24) is 46.8 Å². The van der Waals surface area contributed by atoms with Gasteiger partial charge in [-0.15, -0.1) is 11.3 Å². The van der Waals surface area contributed by atoms with E-state index < -0.39 is 83.9 Å². The van der Waals surface area contributed by atoms with Gasteiger partial charge in [-0.2, -0.15) is 0 Å². The van der Waals surface area contributed by atoms with Crippen molar-refractivity contribution in [3.8, 4) is 5.75 Å². The second-order valence-electron chi connectivity index (χ2n) is 12.8. The molecule has 0 saturated heterocycles. The predicted octanol–water partition coefficient (Wildman–Crippen LogP) is -0.272. The van der Waals surface area contributed by atoms with E-state index in [-0.39, 0.29) is 17.8 Å². The topological polar surface area (TPSA) is 250 Å². The number of allylic oxidation sites excluding steroid dienone is 1. The van der Waals surface area contributed by atoms with E-state index in [0.29, 0.717) is 27.2 Å². The number of aromatic nitrogens is 2. The number of hydrogen-bond acceptors (Lipinski definition) is 11. The molecule has 2 aromatic heterocycles. The molecule has 7 amide bonds. The fraction of sp³-hybridized carbons (Fsp3) is 0.400. The molecular weight excluding hydrogens is 723 g/mol. The van der Waals surface area contributed by atoms with E-state index in [9.17, 15) is 38.4 Å². The summed E-state index contributed by atoms with van der Waals surface area (Å²) in [7, 11) is 2.85. The number of amides is 7. The van der Waals surface area contributed by atoms with Crippen LogP contribution < -0.4 is 36.6 Å². The number of fused-ring (bicyclic) bond motifs is 3. The van der Waals surface area contributed by atoms with Crippen molar-refractivity contribution in [2.24, 2.45) is 0 Å². The van der Waals surface area contributed by atoms with Crippen LogP contribution in [0.5, 0.6) is 5.75 Å². The zero-order valence-electron chi connectivity index (χ0n) is 30.8. The summed E-state index contributed by atoms with van der Waals surface area (Å²) in [5.41, 5.74) is -1.17. The maximum Gasteiger partial charge on any atom is 0.271 e. The zero-order valence-corrected chi connectivity index (χ0v) is 31.6. The number of hydrogen-bond donors (Lipinski definition) is 7. The van der Waals surface area contributed by atoms with E-state index in [1.54, 1.807) is 31.3 Å². The first kappa shape index (κ1) is 40.7. The Labute approximate surface area is 314 Å². The fourth-order valence-corrected chi connectivity index (χ4v) is 6.27. The Bertz CT molecular complexity index is 2020. The lowest BCUT2D eigenvalue weighted by atomic mass is 9.94. The number of carbonyl (C=O) groups is 8. The summed E-state index contributed by atoms with van der Waals surface area (Å²) in [6.45, 7) is 5.62. The number of H-pyrrole nitrogens is 1. The highest BCUT2D eigenvalue weighted by atomic mass is 32.1. The van der Waals surface area contributed by atoms with Crippen LogP contribution in [0.2, 0.25) is 0 Å². The van der Waals surface area contributed by atoms with Crippen molar-refractivity contribution in [2.45, 2.75) is 64.7 Å². The summed E-state index contributed by atoms with van der Waals surface area (Å²) >= 11 is 1.07. The van der Waals surface area contributed by atoms with Gasteiger partial charge < -0.3 is 46.5 Å². The summed E-state index contributed by atoms with van der Waals surface area (Å²) in [5, 5.41) is 17.4. The minimum absolute atomic E-state index is 0.0760. The van der Waals surface area contributed by atoms with Gasteiger partial charge in [0, 0.05) is 35.9 Å². The molecule has 19 heteroatoms. The second-order valence-corrected chi connectivity index (χ2v) is 13.7. The van der Waals surface area contributed by atoms with Gasteiger partial charge in [-0.1, -0.05) is 12.1 Å². The van der Waals surface area contributed by atoms with Crippen molar-refractivity contribution >= 4 is 69.4 Å². The first-order valence-corrected chi connectivity index (χ1v) is 17.7. The number of nitrogens with one attached hydrogen (secondary N) is 7. The highest BCUT2D eigenvalue weighted by molar-refractivity contribution is 7.09. The van der Waals surface area contributed by atoms with Crippen LogP contribution in [0, 0.1) is 0 Å². The van der Waals surface area contributed by atoms with Crippen LogP contribution in [0.3, 0.4) is 0 Å². The standard InChI is InChI=1S/C35H43N9O9S/c1-8-21-33(51)44(6)15-27(47)39-18(3)32-42-24(16-54-32)30(49)41-23(12-20-13-36-22-10-9-11-25(53-7)28(20)22)31(50)43-35(5,19(4)45)34(52)37-14-26(46)38-17(2)29(48)40-21/h8-11,13,16-18,23,36H,12,14-15H2,1-7H3,(H,37,52)(H,38,46)(H,39,47)(H,40,48)(H,41,49)(H,43,50)/b21-8-/t17-,18-,23+,35+/m1/s1. The Morgan fingerprint density at radius 2 is 1.74 bits per heavy atom. The van der Waals surface area contributed by atoms with Gasteiger partial charge in [0.15, 0.2) is 11.3 Å². The molecule has 1 aliphatic rings. The molecule has 3 aromatic rings. The normalized spacial score (nSPS) is 23.8. The number of rotatable bonds is 4. The summed E-state index contributed by atoms with van der Waals surface area (Å²) in [5.74, 6) is -5.82. The lowest BCUT2D eigenvalue weighted by Gasteiger charge is -2.29. The number of ketones is 1. The van der Waals surface area contributed by atoms with Gasteiger partial charge in [0.05, 0.1) is 26.2 Å². The maximum atomic E-state index is 14.0. The molecule has 7 N–H and O–H groups in total. The van der Waals surface area contributed by atoms with Crippen molar-refractivity contribution in [2.75, 3.05) is 27.2 Å². The van der Waals surface area contributed by atoms with Crippen molar-refractivity contribution in [1.29, 1.82) is 0 Å². The van der Waals surface area contributed by atoms with Gasteiger partial charge in [0.25, 0.3) is 17.7 Å². The molecule has 1 aliphatic heterocycles. The number of thiazole rings is 1. The van der Waals surface area contributed by atoms with Gasteiger partial charge in [-0.05, 0) is 52.3 Å². The monoisotopic (exact) mass is 765 g/mol. The van der Waals surface area contributed by atoms with Crippen LogP contribution in [0.1, 0.15) is 61.7 Å². The van der Waals surface area contributed by atoms with Gasteiger partial charge >= 0.3 is 0 Å². The molecule has 0 aliphatic carbocycles. The Morgan fingerprint density at radius 1 is 1.04 bits per heavy atom. The highest BCUT2D eigenvalue weighted by Gasteiger charge is 2.42. The molecule has 2 bridgehead atoms. The third kappa shape index (κ3) is 9.27. The minimum atomic E-state index is -2.20. The quantitative estimate of drug-likeness (QED) is 0.135. The first-order valence-electron chi connectivity index (χ1n) is 16.8. The molecule has 288 valence electrons. The Hall–Kier alpha value is -6.11. The van der Waals surface area contributed by atoms with E-state index in [1.807, 2.05) is 0 Å². The van der Waals surface area contributed by atoms with Crippen LogP contribution in [0.25, 0.3) is 10.9 Å². The Kier molecular flexibility index (Phi) is 12.9. The zero-order chi connectivity index (χ0) is 39.9. The van der Waals surface area contributed by atoms with E-state index in [1.165, 1.54) is 39.5 Å². The minimum Gasteiger partial charge on any atom is -0.496 e. The highest BCUT2D eigenvalue weighted by Crippen LogP contribution is 2.29. The first-order chi connectivity index (χ1) is 25.5. The number of Topliss-reactive ketones (excluding diaryl/α,β-unsaturated/α-hetero) is 1. The number of methoxy groups -OCH3 is 1. The van der Waals surface area contributed by atoms with Crippen molar-refractivity contribution in [3.05, 3.63) is 57.8 Å². The van der Waals surface area contributed by atoms with Crippen molar-refractivity contribution < 1.29 is 43.1 Å². The molecule has 4 rings (SSSR count). The molecule has 4 atom stereocenters. The number of nitrogens with zero attached hydrogens (tertiary/aromatic N) is 2. The molecule has 0 radical (unpaired) electrons. The number of likely N-dealkylation sites (N-methyl/N-ethyl adjacent to an activating group) is 1. The molecule has 0 fully saturated rings. The molecule has 3 heterocycles. The Morgan fingerprint density at radius 3 is 2.41 bits per heavy atom. The van der Waals surface area contributed by atoms with Crippen LogP contribution in [-0.2, 0) is 40.0 Å². The van der Waals surface area contributed by atoms with Gasteiger partial charge in [0.2, 0.25) is 23.6 Å². The van der Waals surface area contributed by atoms with Crippen LogP contribution in [-0.4, -0.2) is 107 Å². The van der Waals surface area contributed by atoms with Gasteiger partial charge in [0.1, 0.15) is 34.2 Å². The molecule has 0 unspecified atom stereocenters. The smallest absolute Gasteiger partial charge is 0.271 e. The van der Waals surface area contributed by atoms with E-state index >= 15 is 0 Å². The van der Waals surface area contributed by atoms with Gasteiger partial charge in [-0.25, -0.2) is 4.98 Å². The van der Waals surface area contributed by atoms with Gasteiger partial charge in [-0.3, -0.25) is 38.4 Å². The summed E-state index contributed by atoms with van der Waals surface area (Å²) < 4.78 is 5.52. The fourth-order valence-electron chi connectivity index (χ4n) is 5.47. The number of ether oxygens (including phenoxy) is 1. The van der Waals surface area contributed by atoms with Crippen LogP contribution in [0.15, 0.2) is 41.5 Å². The summed E-state index contributed by atoms with van der Waals surface area (Å²) in [4.78, 5) is 114. The van der Waals surface area contributed by atoms with Crippen LogP contribution in [0.4, 0.5) is 0 Å². The third-order valence-corrected chi connectivity index (χ3v) is 9.76.